The maximum absolute atomic E-state index is 13.2. The quantitative estimate of drug-likeness (QED) is 0.721. The second-order valence-electron chi connectivity index (χ2n) is 5.58. The van der Waals surface area contributed by atoms with Gasteiger partial charge in [0.05, 0.1) is 5.69 Å². The van der Waals surface area contributed by atoms with E-state index in [9.17, 15) is 4.39 Å². The molecule has 3 aromatic rings. The van der Waals surface area contributed by atoms with Gasteiger partial charge in [0.1, 0.15) is 11.6 Å². The van der Waals surface area contributed by atoms with E-state index >= 15 is 0 Å². The van der Waals surface area contributed by atoms with Crippen LogP contribution in [-0.4, -0.2) is 11.5 Å². The molecule has 1 aromatic heterocycles. The van der Waals surface area contributed by atoms with Crippen LogP contribution in [0.25, 0.3) is 11.3 Å². The Labute approximate surface area is 141 Å². The number of anilines is 1. The van der Waals surface area contributed by atoms with Gasteiger partial charge < -0.3 is 11.1 Å². The molecule has 0 radical (unpaired) electrons. The van der Waals surface area contributed by atoms with E-state index in [-0.39, 0.29) is 5.82 Å². The fourth-order valence-electron chi connectivity index (χ4n) is 2.59. The summed E-state index contributed by atoms with van der Waals surface area (Å²) in [6.45, 7) is 1.09. The number of nitrogens with two attached hydrogens (primary N) is 1. The Morgan fingerprint density at radius 3 is 2.54 bits per heavy atom. The van der Waals surface area contributed by atoms with Crippen molar-refractivity contribution in [3.63, 3.8) is 0 Å². The summed E-state index contributed by atoms with van der Waals surface area (Å²) in [7, 11) is 0. The average Bonchev–Trinajstić information content (AvgIpc) is 2.62. The number of nitrogens with one attached hydrogen (secondary N) is 1. The molecule has 0 unspecified atom stereocenters. The molecule has 4 heteroatoms. The molecular weight excluding hydrogens is 301 g/mol. The van der Waals surface area contributed by atoms with E-state index in [0.29, 0.717) is 13.1 Å². The van der Waals surface area contributed by atoms with Gasteiger partial charge in [-0.15, -0.1) is 0 Å². The molecule has 0 fully saturated rings. The molecule has 0 spiro atoms. The van der Waals surface area contributed by atoms with E-state index in [4.69, 9.17) is 10.7 Å². The molecule has 3 N–H and O–H groups in total. The largest absolute Gasteiger partial charge is 0.369 e. The Hall–Kier alpha value is -2.72. The number of hydrogen-bond acceptors (Lipinski definition) is 3. The molecule has 0 saturated heterocycles. The predicted molar refractivity (Wildman–Crippen MR) is 96.2 cm³/mol. The molecule has 0 aliphatic heterocycles. The number of halogens is 1. The molecule has 3 rings (SSSR count). The highest BCUT2D eigenvalue weighted by molar-refractivity contribution is 5.62. The third-order valence-corrected chi connectivity index (χ3v) is 3.86. The zero-order valence-corrected chi connectivity index (χ0v) is 13.4. The van der Waals surface area contributed by atoms with Crippen molar-refractivity contribution in [1.29, 1.82) is 0 Å². The van der Waals surface area contributed by atoms with Crippen LogP contribution in [0.5, 0.6) is 0 Å². The van der Waals surface area contributed by atoms with Gasteiger partial charge in [0.2, 0.25) is 0 Å². The number of hydrogen-bond donors (Lipinski definition) is 2. The van der Waals surface area contributed by atoms with Gasteiger partial charge in [0, 0.05) is 24.2 Å². The van der Waals surface area contributed by atoms with Crippen molar-refractivity contribution in [3.8, 4) is 11.3 Å². The molecule has 0 aliphatic carbocycles. The first-order chi connectivity index (χ1) is 11.8. The van der Waals surface area contributed by atoms with E-state index in [2.05, 4.69) is 5.32 Å². The van der Waals surface area contributed by atoms with Crippen molar-refractivity contribution in [1.82, 2.24) is 4.98 Å². The monoisotopic (exact) mass is 321 g/mol. The lowest BCUT2D eigenvalue weighted by molar-refractivity contribution is 0.625. The highest BCUT2D eigenvalue weighted by atomic mass is 19.1. The van der Waals surface area contributed by atoms with Crippen LogP contribution < -0.4 is 11.1 Å². The molecular formula is C20H20FN3. The molecule has 2 aromatic carbocycles. The van der Waals surface area contributed by atoms with E-state index in [1.165, 1.54) is 6.07 Å². The van der Waals surface area contributed by atoms with Crippen molar-refractivity contribution in [2.45, 2.75) is 13.0 Å². The Morgan fingerprint density at radius 1 is 0.958 bits per heavy atom. The third-order valence-electron chi connectivity index (χ3n) is 3.86. The first kappa shape index (κ1) is 16.1. The molecule has 0 amide bonds. The third kappa shape index (κ3) is 3.97. The molecule has 24 heavy (non-hydrogen) atoms. The SMILES string of the molecule is NCc1ccc(-c2ccccc2)nc1NCCc1cccc(F)c1. The molecule has 122 valence electrons. The Balaban J connectivity index is 1.74. The van der Waals surface area contributed by atoms with E-state index < -0.39 is 0 Å². The van der Waals surface area contributed by atoms with Gasteiger partial charge in [-0.25, -0.2) is 9.37 Å². The lowest BCUT2D eigenvalue weighted by atomic mass is 10.1. The number of nitrogens with zero attached hydrogens (tertiary/aromatic N) is 1. The molecule has 3 nitrogen and oxygen atoms in total. The summed E-state index contributed by atoms with van der Waals surface area (Å²) in [5.74, 6) is 0.578. The molecule has 0 bridgehead atoms. The second kappa shape index (κ2) is 7.70. The fourth-order valence-corrected chi connectivity index (χ4v) is 2.59. The van der Waals surface area contributed by atoms with Crippen LogP contribution in [0.3, 0.4) is 0 Å². The predicted octanol–water partition coefficient (Wildman–Crippen LogP) is 4.00. The van der Waals surface area contributed by atoms with Gasteiger partial charge in [-0.1, -0.05) is 48.5 Å². The Morgan fingerprint density at radius 2 is 1.79 bits per heavy atom. The normalized spacial score (nSPS) is 10.6. The highest BCUT2D eigenvalue weighted by Gasteiger charge is 2.06. The molecule has 0 saturated carbocycles. The average molecular weight is 321 g/mol. The van der Waals surface area contributed by atoms with E-state index in [1.807, 2.05) is 48.5 Å². The molecule has 0 atom stereocenters. The van der Waals surface area contributed by atoms with Crippen LogP contribution in [0.4, 0.5) is 10.2 Å². The standard InChI is InChI=1S/C20H20FN3/c21-18-8-4-5-15(13-18)11-12-23-20-17(14-22)9-10-19(24-20)16-6-2-1-3-7-16/h1-10,13H,11-12,14,22H2,(H,23,24). The van der Waals surface area contributed by atoms with Gasteiger partial charge in [0.15, 0.2) is 0 Å². The zero-order valence-electron chi connectivity index (χ0n) is 13.4. The lowest BCUT2D eigenvalue weighted by Crippen LogP contribution is -2.11. The number of benzene rings is 2. The van der Waals surface area contributed by atoms with Crippen LogP contribution in [0.1, 0.15) is 11.1 Å². The van der Waals surface area contributed by atoms with Crippen molar-refractivity contribution >= 4 is 5.82 Å². The van der Waals surface area contributed by atoms with Gasteiger partial charge in [-0.3, -0.25) is 0 Å². The summed E-state index contributed by atoms with van der Waals surface area (Å²) in [4.78, 5) is 4.70. The first-order valence-corrected chi connectivity index (χ1v) is 8.00. The van der Waals surface area contributed by atoms with Gasteiger partial charge in [-0.05, 0) is 30.2 Å². The Kier molecular flexibility index (Phi) is 5.18. The van der Waals surface area contributed by atoms with Gasteiger partial charge in [0.25, 0.3) is 0 Å². The van der Waals surface area contributed by atoms with Crippen molar-refractivity contribution in [2.75, 3.05) is 11.9 Å². The van der Waals surface area contributed by atoms with Crippen LogP contribution in [-0.2, 0) is 13.0 Å². The smallest absolute Gasteiger partial charge is 0.131 e. The van der Waals surface area contributed by atoms with Crippen LogP contribution in [0.2, 0.25) is 0 Å². The molecule has 0 aliphatic rings. The topological polar surface area (TPSA) is 50.9 Å². The summed E-state index contributed by atoms with van der Waals surface area (Å²) in [5, 5.41) is 3.33. The molecule has 1 heterocycles. The number of aromatic nitrogens is 1. The van der Waals surface area contributed by atoms with Gasteiger partial charge in [-0.2, -0.15) is 0 Å². The van der Waals surface area contributed by atoms with Crippen molar-refractivity contribution < 1.29 is 4.39 Å². The summed E-state index contributed by atoms with van der Waals surface area (Å²) in [6.07, 6.45) is 0.721. The first-order valence-electron chi connectivity index (χ1n) is 8.00. The summed E-state index contributed by atoms with van der Waals surface area (Å²) >= 11 is 0. The fraction of sp³-hybridized carbons (Fsp3) is 0.150. The highest BCUT2D eigenvalue weighted by Crippen LogP contribution is 2.21. The summed E-state index contributed by atoms with van der Waals surface area (Å²) in [5.41, 5.74) is 9.70. The van der Waals surface area contributed by atoms with Crippen LogP contribution in [0, 0.1) is 5.82 Å². The number of rotatable bonds is 6. The zero-order chi connectivity index (χ0) is 16.8. The van der Waals surface area contributed by atoms with Gasteiger partial charge >= 0.3 is 0 Å². The minimum absolute atomic E-state index is 0.209. The minimum atomic E-state index is -0.209. The lowest BCUT2D eigenvalue weighted by Gasteiger charge is -2.12. The van der Waals surface area contributed by atoms with Crippen molar-refractivity contribution in [3.05, 3.63) is 83.7 Å². The van der Waals surface area contributed by atoms with E-state index in [0.717, 1.165) is 34.6 Å². The maximum atomic E-state index is 13.2. The van der Waals surface area contributed by atoms with Crippen molar-refractivity contribution in [2.24, 2.45) is 5.73 Å². The summed E-state index contributed by atoms with van der Waals surface area (Å²) in [6, 6.07) is 20.7. The number of pyridine rings is 1. The second-order valence-corrected chi connectivity index (χ2v) is 5.58. The summed E-state index contributed by atoms with van der Waals surface area (Å²) < 4.78 is 13.2. The maximum Gasteiger partial charge on any atom is 0.131 e. The van der Waals surface area contributed by atoms with Crippen LogP contribution >= 0.6 is 0 Å². The van der Waals surface area contributed by atoms with Crippen LogP contribution in [0.15, 0.2) is 66.7 Å². The van der Waals surface area contributed by atoms with E-state index in [1.54, 1.807) is 12.1 Å². The Bertz CT molecular complexity index is 803. The minimum Gasteiger partial charge on any atom is -0.369 e.